The van der Waals surface area contributed by atoms with Crippen molar-refractivity contribution in [2.75, 3.05) is 0 Å². The van der Waals surface area contributed by atoms with E-state index in [1.165, 1.54) is 12.8 Å². The summed E-state index contributed by atoms with van der Waals surface area (Å²) in [5.74, 6) is 0.722. The summed E-state index contributed by atoms with van der Waals surface area (Å²) in [6.45, 7) is 12.9. The first kappa shape index (κ1) is 9.74. The number of hydrogen-bond acceptors (Lipinski definition) is 0. The number of allylic oxidation sites excluding steroid dienone is 1. The molecule has 0 rings (SSSR count). The molecule has 0 heteroatoms. The maximum absolute atomic E-state index is 3.90. The molecule has 0 fully saturated rings. The lowest BCUT2D eigenvalue weighted by atomic mass is 9.73. The van der Waals surface area contributed by atoms with E-state index in [-0.39, 0.29) is 0 Å². The van der Waals surface area contributed by atoms with Crippen LogP contribution >= 0.6 is 0 Å². The first-order chi connectivity index (χ1) is 4.63. The Kier molecular flexibility index (Phi) is 3.70. The zero-order chi connectivity index (χ0) is 8.20. The van der Waals surface area contributed by atoms with Crippen LogP contribution in [0.2, 0.25) is 0 Å². The molecule has 0 spiro atoms. The van der Waals surface area contributed by atoms with Gasteiger partial charge < -0.3 is 0 Å². The van der Waals surface area contributed by atoms with Crippen LogP contribution in [0.15, 0.2) is 12.7 Å². The van der Waals surface area contributed by atoms with Crippen molar-refractivity contribution in [3.05, 3.63) is 12.7 Å². The SMILES string of the molecule is C=CC(CC)(CC)C(C)C. The monoisotopic (exact) mass is 140 g/mol. The Balaban J connectivity index is 4.30. The zero-order valence-electron chi connectivity index (χ0n) is 7.78. The summed E-state index contributed by atoms with van der Waals surface area (Å²) in [6, 6.07) is 0. The molecule has 0 radical (unpaired) electrons. The van der Waals surface area contributed by atoms with Crippen molar-refractivity contribution in [1.82, 2.24) is 0 Å². The van der Waals surface area contributed by atoms with Gasteiger partial charge in [-0.05, 0) is 24.2 Å². The molecule has 0 amide bonds. The van der Waals surface area contributed by atoms with Crippen molar-refractivity contribution in [2.45, 2.75) is 40.5 Å². The Morgan fingerprint density at radius 1 is 1.30 bits per heavy atom. The van der Waals surface area contributed by atoms with Crippen molar-refractivity contribution in [3.63, 3.8) is 0 Å². The first-order valence-electron chi connectivity index (χ1n) is 4.26. The second kappa shape index (κ2) is 3.80. The molecule has 0 aliphatic rings. The molecule has 0 unspecified atom stereocenters. The first-order valence-corrected chi connectivity index (χ1v) is 4.26. The van der Waals surface area contributed by atoms with Crippen LogP contribution in [0.4, 0.5) is 0 Å². The molecule has 0 atom stereocenters. The van der Waals surface area contributed by atoms with Crippen LogP contribution in [0.25, 0.3) is 0 Å². The van der Waals surface area contributed by atoms with Gasteiger partial charge >= 0.3 is 0 Å². The average molecular weight is 140 g/mol. The van der Waals surface area contributed by atoms with Gasteiger partial charge in [-0.25, -0.2) is 0 Å². The van der Waals surface area contributed by atoms with Gasteiger partial charge in [-0.2, -0.15) is 0 Å². The van der Waals surface area contributed by atoms with Gasteiger partial charge in [-0.15, -0.1) is 6.58 Å². The van der Waals surface area contributed by atoms with E-state index in [0.717, 1.165) is 5.92 Å². The Morgan fingerprint density at radius 2 is 1.70 bits per heavy atom. The molecule has 0 saturated carbocycles. The normalized spacial score (nSPS) is 12.1. The smallest absolute Gasteiger partial charge is 0.0103 e. The summed E-state index contributed by atoms with van der Waals surface area (Å²) in [5.41, 5.74) is 0.389. The molecule has 10 heavy (non-hydrogen) atoms. The minimum atomic E-state index is 0.389. The van der Waals surface area contributed by atoms with Crippen LogP contribution < -0.4 is 0 Å². The highest BCUT2D eigenvalue weighted by molar-refractivity contribution is 4.94. The molecule has 0 aromatic heterocycles. The largest absolute Gasteiger partial charge is 0.103 e. The van der Waals surface area contributed by atoms with E-state index in [1.54, 1.807) is 0 Å². The molecule has 0 aromatic carbocycles. The van der Waals surface area contributed by atoms with E-state index in [9.17, 15) is 0 Å². The Labute approximate surface area is 65.3 Å². The molecule has 0 saturated heterocycles. The van der Waals surface area contributed by atoms with Crippen LogP contribution in [0, 0.1) is 11.3 Å². The van der Waals surface area contributed by atoms with Gasteiger partial charge in [0.25, 0.3) is 0 Å². The molecule has 0 N–H and O–H groups in total. The highest BCUT2D eigenvalue weighted by Crippen LogP contribution is 2.35. The molecule has 0 nitrogen and oxygen atoms in total. The van der Waals surface area contributed by atoms with Crippen molar-refractivity contribution in [2.24, 2.45) is 11.3 Å². The quantitative estimate of drug-likeness (QED) is 0.523. The van der Waals surface area contributed by atoms with Crippen LogP contribution in [0.1, 0.15) is 40.5 Å². The Bertz CT molecular complexity index is 96.6. The molecule has 0 heterocycles. The third-order valence-electron chi connectivity index (χ3n) is 2.87. The summed E-state index contributed by atoms with van der Waals surface area (Å²) in [4.78, 5) is 0. The van der Waals surface area contributed by atoms with Gasteiger partial charge in [-0.3, -0.25) is 0 Å². The molecule has 0 bridgehead atoms. The van der Waals surface area contributed by atoms with Gasteiger partial charge in [0.15, 0.2) is 0 Å². The summed E-state index contributed by atoms with van der Waals surface area (Å²) >= 11 is 0. The third kappa shape index (κ3) is 1.62. The minimum Gasteiger partial charge on any atom is -0.103 e. The fourth-order valence-electron chi connectivity index (χ4n) is 1.59. The number of hydrogen-bond donors (Lipinski definition) is 0. The van der Waals surface area contributed by atoms with Crippen LogP contribution in [-0.2, 0) is 0 Å². The third-order valence-corrected chi connectivity index (χ3v) is 2.87. The molecular weight excluding hydrogens is 120 g/mol. The lowest BCUT2D eigenvalue weighted by molar-refractivity contribution is 0.245. The molecule has 0 aromatic rings. The zero-order valence-corrected chi connectivity index (χ0v) is 7.78. The summed E-state index contributed by atoms with van der Waals surface area (Å²) in [5, 5.41) is 0. The van der Waals surface area contributed by atoms with Crippen LogP contribution in [-0.4, -0.2) is 0 Å². The lowest BCUT2D eigenvalue weighted by Crippen LogP contribution is -2.22. The maximum Gasteiger partial charge on any atom is -0.0103 e. The van der Waals surface area contributed by atoms with E-state index in [0.29, 0.717) is 5.41 Å². The van der Waals surface area contributed by atoms with Crippen molar-refractivity contribution in [1.29, 1.82) is 0 Å². The predicted octanol–water partition coefficient (Wildman–Crippen LogP) is 3.63. The molecular formula is C10H20. The minimum absolute atomic E-state index is 0.389. The van der Waals surface area contributed by atoms with E-state index in [2.05, 4.69) is 40.3 Å². The van der Waals surface area contributed by atoms with Gasteiger partial charge in [-0.1, -0.05) is 33.8 Å². The fourth-order valence-corrected chi connectivity index (χ4v) is 1.59. The summed E-state index contributed by atoms with van der Waals surface area (Å²) in [6.07, 6.45) is 4.55. The highest BCUT2D eigenvalue weighted by Gasteiger charge is 2.25. The van der Waals surface area contributed by atoms with Crippen LogP contribution in [0.5, 0.6) is 0 Å². The van der Waals surface area contributed by atoms with Crippen LogP contribution in [0.3, 0.4) is 0 Å². The van der Waals surface area contributed by atoms with Gasteiger partial charge in [0.2, 0.25) is 0 Å². The van der Waals surface area contributed by atoms with E-state index >= 15 is 0 Å². The van der Waals surface area contributed by atoms with Crippen molar-refractivity contribution in [3.8, 4) is 0 Å². The van der Waals surface area contributed by atoms with Gasteiger partial charge in [0.1, 0.15) is 0 Å². The molecule has 0 aliphatic heterocycles. The summed E-state index contributed by atoms with van der Waals surface area (Å²) < 4.78 is 0. The average Bonchev–Trinajstić information content (AvgIpc) is 1.92. The van der Waals surface area contributed by atoms with Crippen molar-refractivity contribution < 1.29 is 0 Å². The van der Waals surface area contributed by atoms with Gasteiger partial charge in [0, 0.05) is 0 Å². The van der Waals surface area contributed by atoms with E-state index in [4.69, 9.17) is 0 Å². The summed E-state index contributed by atoms with van der Waals surface area (Å²) in [7, 11) is 0. The highest BCUT2D eigenvalue weighted by atomic mass is 14.3. The molecule has 0 aliphatic carbocycles. The van der Waals surface area contributed by atoms with E-state index in [1.807, 2.05) is 0 Å². The van der Waals surface area contributed by atoms with Crippen molar-refractivity contribution >= 4 is 0 Å². The fraction of sp³-hybridized carbons (Fsp3) is 0.800. The second-order valence-corrected chi connectivity index (χ2v) is 3.30. The second-order valence-electron chi connectivity index (χ2n) is 3.30. The predicted molar refractivity (Wildman–Crippen MR) is 48.1 cm³/mol. The van der Waals surface area contributed by atoms with Gasteiger partial charge in [0.05, 0.1) is 0 Å². The molecule has 60 valence electrons. The standard InChI is InChI=1S/C10H20/c1-6-10(7-2,8-3)9(4)5/h6,9H,1,7-8H2,2-5H3. The lowest BCUT2D eigenvalue weighted by Gasteiger charge is -2.32. The maximum atomic E-state index is 3.90. The van der Waals surface area contributed by atoms with E-state index < -0.39 is 0 Å². The Hall–Kier alpha value is -0.260. The Morgan fingerprint density at radius 3 is 1.70 bits per heavy atom. The number of rotatable bonds is 4. The topological polar surface area (TPSA) is 0 Å².